The highest BCUT2D eigenvalue weighted by atomic mass is 19.4. The van der Waals surface area contributed by atoms with Crippen LogP contribution >= 0.6 is 0 Å². The van der Waals surface area contributed by atoms with Gasteiger partial charge in [-0.3, -0.25) is 4.40 Å². The summed E-state index contributed by atoms with van der Waals surface area (Å²) in [4.78, 5) is 0. The van der Waals surface area contributed by atoms with Crippen molar-refractivity contribution in [2.45, 2.75) is 38.0 Å². The molecule has 0 amide bonds. The number of fused-ring (bicyclic) bond motifs is 1. The summed E-state index contributed by atoms with van der Waals surface area (Å²) in [5, 5.41) is 7.77. The van der Waals surface area contributed by atoms with Gasteiger partial charge in [0.1, 0.15) is 35.2 Å². The van der Waals surface area contributed by atoms with Crippen LogP contribution in [0.25, 0.3) is 5.65 Å². The first kappa shape index (κ1) is 20.6. The Hall–Kier alpha value is -2.68. The Kier molecular flexibility index (Phi) is 5.17. The van der Waals surface area contributed by atoms with Crippen LogP contribution in [0.1, 0.15) is 36.7 Å². The molecule has 2 heterocycles. The van der Waals surface area contributed by atoms with Gasteiger partial charge in [0.05, 0.1) is 0 Å². The zero-order valence-corrected chi connectivity index (χ0v) is 16.5. The zero-order valence-electron chi connectivity index (χ0n) is 16.5. The van der Waals surface area contributed by atoms with E-state index in [1.165, 1.54) is 48.0 Å². The minimum Gasteiger partial charge on any atom is -0.489 e. The third-order valence-corrected chi connectivity index (χ3v) is 5.47. The molecule has 2 aromatic heterocycles. The second kappa shape index (κ2) is 7.54. The maximum Gasteiger partial charge on any atom is 0.423 e. The number of ether oxygens (including phenoxy) is 2. The van der Waals surface area contributed by atoms with Crippen LogP contribution in [-0.2, 0) is 22.9 Å². The van der Waals surface area contributed by atoms with Gasteiger partial charge in [0.25, 0.3) is 0 Å². The van der Waals surface area contributed by atoms with Crippen molar-refractivity contribution in [3.8, 4) is 5.75 Å². The number of nitrogens with zero attached hydrogens (tertiary/aromatic N) is 3. The molecule has 5 nitrogen and oxygen atoms in total. The van der Waals surface area contributed by atoms with Gasteiger partial charge in [-0.25, -0.2) is 4.39 Å². The first-order chi connectivity index (χ1) is 14.2. The van der Waals surface area contributed by atoms with Crippen LogP contribution in [0, 0.1) is 11.7 Å². The van der Waals surface area contributed by atoms with Gasteiger partial charge in [-0.15, -0.1) is 10.2 Å². The van der Waals surface area contributed by atoms with Gasteiger partial charge in [0.15, 0.2) is 5.65 Å². The summed E-state index contributed by atoms with van der Waals surface area (Å²) < 4.78 is 67.4. The van der Waals surface area contributed by atoms with E-state index in [1.807, 2.05) is 0 Å². The number of alkyl halides is 3. The van der Waals surface area contributed by atoms with Crippen LogP contribution in [0.4, 0.5) is 17.6 Å². The molecule has 0 aliphatic heterocycles. The summed E-state index contributed by atoms with van der Waals surface area (Å²) in [5.41, 5.74) is -1.75. The number of hydrogen-bond donors (Lipinski definition) is 0. The third-order valence-electron chi connectivity index (χ3n) is 5.47. The van der Waals surface area contributed by atoms with Gasteiger partial charge in [-0.05, 0) is 49.4 Å². The predicted molar refractivity (Wildman–Crippen MR) is 101 cm³/mol. The average Bonchev–Trinajstić information content (AvgIpc) is 3.44. The highest BCUT2D eigenvalue weighted by molar-refractivity contribution is 5.56. The largest absolute Gasteiger partial charge is 0.489 e. The lowest BCUT2D eigenvalue weighted by Crippen LogP contribution is -2.32. The molecule has 0 bridgehead atoms. The lowest BCUT2D eigenvalue weighted by Gasteiger charge is -2.29. The first-order valence-electron chi connectivity index (χ1n) is 9.59. The molecule has 0 spiro atoms. The van der Waals surface area contributed by atoms with E-state index in [1.54, 1.807) is 6.92 Å². The molecular weight excluding hydrogens is 402 g/mol. The first-order valence-corrected chi connectivity index (χ1v) is 9.59. The summed E-state index contributed by atoms with van der Waals surface area (Å²) in [5.74, 6) is 0.195. The molecule has 1 saturated carbocycles. The number of pyridine rings is 1. The van der Waals surface area contributed by atoms with E-state index < -0.39 is 23.2 Å². The van der Waals surface area contributed by atoms with E-state index in [-0.39, 0.29) is 18.0 Å². The van der Waals surface area contributed by atoms with E-state index in [0.29, 0.717) is 23.7 Å². The Morgan fingerprint density at radius 1 is 1.10 bits per heavy atom. The molecule has 3 aromatic rings. The molecule has 1 aliphatic rings. The highest BCUT2D eigenvalue weighted by Crippen LogP contribution is 2.40. The minimum atomic E-state index is -4.68. The normalized spacial score (nSPS) is 16.6. The summed E-state index contributed by atoms with van der Waals surface area (Å²) >= 11 is 0. The molecule has 30 heavy (non-hydrogen) atoms. The smallest absolute Gasteiger partial charge is 0.423 e. The van der Waals surface area contributed by atoms with Crippen molar-refractivity contribution in [3.63, 3.8) is 0 Å². The van der Waals surface area contributed by atoms with Crippen molar-refractivity contribution in [3.05, 3.63) is 59.3 Å². The number of benzene rings is 1. The Morgan fingerprint density at radius 2 is 1.80 bits per heavy atom. The van der Waals surface area contributed by atoms with Crippen LogP contribution in [0.2, 0.25) is 0 Å². The van der Waals surface area contributed by atoms with Crippen LogP contribution in [0.5, 0.6) is 5.75 Å². The van der Waals surface area contributed by atoms with Crippen LogP contribution in [-0.4, -0.2) is 28.3 Å². The van der Waals surface area contributed by atoms with Crippen molar-refractivity contribution in [2.75, 3.05) is 13.7 Å². The van der Waals surface area contributed by atoms with Gasteiger partial charge in [-0.1, -0.05) is 12.1 Å². The van der Waals surface area contributed by atoms with E-state index in [0.717, 1.165) is 12.8 Å². The van der Waals surface area contributed by atoms with Crippen molar-refractivity contribution < 1.29 is 27.0 Å². The predicted octanol–water partition coefficient (Wildman–Crippen LogP) is 4.78. The maximum atomic E-state index is 13.9. The van der Waals surface area contributed by atoms with Gasteiger partial charge >= 0.3 is 6.18 Å². The molecule has 1 aliphatic carbocycles. The molecule has 9 heteroatoms. The lowest BCUT2D eigenvalue weighted by molar-refractivity contribution is -0.138. The molecule has 1 aromatic carbocycles. The summed E-state index contributed by atoms with van der Waals surface area (Å²) in [7, 11) is 1.42. The summed E-state index contributed by atoms with van der Waals surface area (Å²) in [6.07, 6.45) is -0.464. The Morgan fingerprint density at radius 3 is 2.40 bits per heavy atom. The fraction of sp³-hybridized carbons (Fsp3) is 0.429. The Bertz CT molecular complexity index is 1040. The van der Waals surface area contributed by atoms with Gasteiger partial charge < -0.3 is 9.47 Å². The molecule has 1 unspecified atom stereocenters. The number of rotatable bonds is 7. The van der Waals surface area contributed by atoms with Crippen molar-refractivity contribution in [1.29, 1.82) is 0 Å². The number of hydrogen-bond acceptors (Lipinski definition) is 4. The number of aromatic nitrogens is 3. The topological polar surface area (TPSA) is 48.7 Å². The summed E-state index contributed by atoms with van der Waals surface area (Å²) in [6, 6.07) is 6.82. The van der Waals surface area contributed by atoms with E-state index in [2.05, 4.69) is 10.2 Å². The molecule has 0 radical (unpaired) electrons. The number of methoxy groups -OCH3 is 1. The molecular formula is C21H21F4N3O2. The highest BCUT2D eigenvalue weighted by Gasteiger charge is 2.40. The monoisotopic (exact) mass is 423 g/mol. The van der Waals surface area contributed by atoms with Crippen LogP contribution in [0.15, 0.2) is 36.5 Å². The van der Waals surface area contributed by atoms with E-state index in [4.69, 9.17) is 9.47 Å². The maximum absolute atomic E-state index is 13.9. The second-order valence-corrected chi connectivity index (χ2v) is 7.74. The lowest BCUT2D eigenvalue weighted by atomic mass is 9.96. The quantitative estimate of drug-likeness (QED) is 0.513. The SMILES string of the molecule is COC(C)(COc1ccn2c(CC3CC3)nnc2c1C(F)(F)F)c1ccc(F)cc1. The van der Waals surface area contributed by atoms with Crippen LogP contribution in [0.3, 0.4) is 0 Å². The van der Waals surface area contributed by atoms with E-state index >= 15 is 0 Å². The average molecular weight is 423 g/mol. The van der Waals surface area contributed by atoms with Crippen molar-refractivity contribution in [2.24, 2.45) is 5.92 Å². The minimum absolute atomic E-state index is 0.211. The van der Waals surface area contributed by atoms with Crippen LogP contribution < -0.4 is 4.74 Å². The zero-order chi connectivity index (χ0) is 21.5. The van der Waals surface area contributed by atoms with E-state index in [9.17, 15) is 17.6 Å². The second-order valence-electron chi connectivity index (χ2n) is 7.74. The molecule has 1 atom stereocenters. The van der Waals surface area contributed by atoms with Gasteiger partial charge in [-0.2, -0.15) is 13.2 Å². The fourth-order valence-corrected chi connectivity index (χ4v) is 3.37. The molecule has 4 rings (SSSR count). The Balaban J connectivity index is 1.66. The Labute approximate surface area is 170 Å². The summed E-state index contributed by atoms with van der Waals surface area (Å²) in [6.45, 7) is 1.45. The number of halogens is 4. The molecule has 1 fully saturated rings. The van der Waals surface area contributed by atoms with Crippen molar-refractivity contribution in [1.82, 2.24) is 14.6 Å². The molecule has 160 valence electrons. The van der Waals surface area contributed by atoms with Gasteiger partial charge in [0.2, 0.25) is 0 Å². The molecule has 0 N–H and O–H groups in total. The van der Waals surface area contributed by atoms with Gasteiger partial charge in [0, 0.05) is 19.7 Å². The fourth-order valence-electron chi connectivity index (χ4n) is 3.37. The molecule has 0 saturated heterocycles. The van der Waals surface area contributed by atoms with Crippen molar-refractivity contribution >= 4 is 5.65 Å². The third kappa shape index (κ3) is 3.98. The standard InChI is InChI=1S/C21H21F4N3O2/c1-20(29-2,14-5-7-15(22)8-6-14)12-30-16-9-10-28-17(11-13-3-4-13)26-27-19(28)18(16)21(23,24)25/h5-10,13H,3-4,11-12H2,1-2H3.